The Morgan fingerprint density at radius 3 is 2.37 bits per heavy atom. The van der Waals surface area contributed by atoms with Crippen LogP contribution in [0.15, 0.2) is 85.2 Å². The fourth-order valence-corrected chi connectivity index (χ4v) is 3.27. The molecule has 152 valence electrons. The number of pyridine rings is 1. The SMILES string of the molecule is CN(CCO)c1ccc(NCc2cn(-c3ccccc3)nc2-c2ccccc2)nc1. The van der Waals surface area contributed by atoms with Gasteiger partial charge < -0.3 is 15.3 Å². The van der Waals surface area contributed by atoms with E-state index in [0.717, 1.165) is 34.0 Å². The van der Waals surface area contributed by atoms with E-state index in [0.29, 0.717) is 13.1 Å². The molecule has 30 heavy (non-hydrogen) atoms. The van der Waals surface area contributed by atoms with Crippen LogP contribution in [0, 0.1) is 0 Å². The lowest BCUT2D eigenvalue weighted by Crippen LogP contribution is -2.21. The van der Waals surface area contributed by atoms with E-state index in [1.165, 1.54) is 0 Å². The lowest BCUT2D eigenvalue weighted by molar-refractivity contribution is 0.304. The first kappa shape index (κ1) is 19.7. The van der Waals surface area contributed by atoms with Crippen LogP contribution in [-0.2, 0) is 6.54 Å². The van der Waals surface area contributed by atoms with E-state index in [9.17, 15) is 0 Å². The van der Waals surface area contributed by atoms with Crippen LogP contribution in [-0.4, -0.2) is 40.1 Å². The minimum Gasteiger partial charge on any atom is -0.395 e. The van der Waals surface area contributed by atoms with Crippen LogP contribution in [0.25, 0.3) is 16.9 Å². The molecule has 6 nitrogen and oxygen atoms in total. The summed E-state index contributed by atoms with van der Waals surface area (Å²) in [4.78, 5) is 6.47. The van der Waals surface area contributed by atoms with Gasteiger partial charge in [0.05, 0.1) is 29.9 Å². The second-order valence-corrected chi connectivity index (χ2v) is 7.05. The van der Waals surface area contributed by atoms with Gasteiger partial charge in [-0.3, -0.25) is 0 Å². The quantitative estimate of drug-likeness (QED) is 0.469. The average molecular weight is 399 g/mol. The van der Waals surface area contributed by atoms with Crippen molar-refractivity contribution in [3.8, 4) is 16.9 Å². The molecule has 4 aromatic rings. The van der Waals surface area contributed by atoms with E-state index in [-0.39, 0.29) is 6.61 Å². The summed E-state index contributed by atoms with van der Waals surface area (Å²) >= 11 is 0. The first-order valence-corrected chi connectivity index (χ1v) is 9.96. The maximum Gasteiger partial charge on any atom is 0.126 e. The van der Waals surface area contributed by atoms with Crippen LogP contribution < -0.4 is 10.2 Å². The molecule has 0 spiro atoms. The normalized spacial score (nSPS) is 10.7. The van der Waals surface area contributed by atoms with E-state index in [2.05, 4.69) is 28.6 Å². The highest BCUT2D eigenvalue weighted by Crippen LogP contribution is 2.24. The van der Waals surface area contributed by atoms with Crippen LogP contribution in [0.5, 0.6) is 0 Å². The Hall–Kier alpha value is -3.64. The molecule has 0 aliphatic rings. The van der Waals surface area contributed by atoms with E-state index in [1.807, 2.05) is 83.5 Å². The second-order valence-electron chi connectivity index (χ2n) is 7.05. The number of nitrogens with zero attached hydrogens (tertiary/aromatic N) is 4. The first-order valence-electron chi connectivity index (χ1n) is 9.96. The van der Waals surface area contributed by atoms with Gasteiger partial charge in [0.25, 0.3) is 0 Å². The molecular formula is C24H25N5O. The molecule has 0 aliphatic carbocycles. The van der Waals surface area contributed by atoms with Crippen molar-refractivity contribution in [2.24, 2.45) is 0 Å². The maximum absolute atomic E-state index is 9.08. The van der Waals surface area contributed by atoms with Crippen molar-refractivity contribution in [3.05, 3.63) is 90.8 Å². The number of aliphatic hydroxyl groups is 1. The van der Waals surface area contributed by atoms with Gasteiger partial charge in [-0.05, 0) is 24.3 Å². The summed E-state index contributed by atoms with van der Waals surface area (Å²) in [7, 11) is 1.93. The average Bonchev–Trinajstić information content (AvgIpc) is 3.24. The number of rotatable bonds is 8. The molecule has 0 aliphatic heterocycles. The molecule has 4 rings (SSSR count). The van der Waals surface area contributed by atoms with E-state index in [1.54, 1.807) is 0 Å². The summed E-state index contributed by atoms with van der Waals surface area (Å²) in [5.41, 5.74) is 5.12. The van der Waals surface area contributed by atoms with Gasteiger partial charge in [0.1, 0.15) is 5.82 Å². The lowest BCUT2D eigenvalue weighted by Gasteiger charge is -2.17. The zero-order valence-electron chi connectivity index (χ0n) is 16.9. The highest BCUT2D eigenvalue weighted by molar-refractivity contribution is 5.63. The van der Waals surface area contributed by atoms with Crippen LogP contribution in [0.1, 0.15) is 5.56 Å². The number of para-hydroxylation sites is 1. The molecular weight excluding hydrogens is 374 g/mol. The largest absolute Gasteiger partial charge is 0.395 e. The predicted octanol–water partition coefficient (Wildman–Crippen LogP) is 3.97. The summed E-state index contributed by atoms with van der Waals surface area (Å²) in [5.74, 6) is 0.794. The topological polar surface area (TPSA) is 66.2 Å². The van der Waals surface area contributed by atoms with Gasteiger partial charge in [-0.25, -0.2) is 9.67 Å². The lowest BCUT2D eigenvalue weighted by atomic mass is 10.1. The third-order valence-corrected chi connectivity index (χ3v) is 4.94. The van der Waals surface area contributed by atoms with Crippen molar-refractivity contribution in [1.82, 2.24) is 14.8 Å². The monoisotopic (exact) mass is 399 g/mol. The predicted molar refractivity (Wildman–Crippen MR) is 121 cm³/mol. The molecule has 0 saturated heterocycles. The van der Waals surface area contributed by atoms with Crippen molar-refractivity contribution in [3.63, 3.8) is 0 Å². The third-order valence-electron chi connectivity index (χ3n) is 4.94. The van der Waals surface area contributed by atoms with Gasteiger partial charge >= 0.3 is 0 Å². The number of nitrogens with one attached hydrogen (secondary N) is 1. The number of hydrogen-bond acceptors (Lipinski definition) is 5. The molecule has 0 saturated carbocycles. The van der Waals surface area contributed by atoms with Crippen LogP contribution >= 0.6 is 0 Å². The molecule has 0 amide bonds. The van der Waals surface area contributed by atoms with Crippen LogP contribution in [0.3, 0.4) is 0 Å². The Kier molecular flexibility index (Phi) is 6.06. The zero-order chi connectivity index (χ0) is 20.8. The number of aliphatic hydroxyl groups excluding tert-OH is 1. The number of hydrogen-bond donors (Lipinski definition) is 2. The maximum atomic E-state index is 9.08. The van der Waals surface area contributed by atoms with Gasteiger partial charge in [0.15, 0.2) is 0 Å². The van der Waals surface area contributed by atoms with Gasteiger partial charge in [-0.2, -0.15) is 5.10 Å². The molecule has 0 fully saturated rings. The number of likely N-dealkylation sites (N-methyl/N-ethyl adjacent to an activating group) is 1. The Morgan fingerprint density at radius 1 is 0.967 bits per heavy atom. The van der Waals surface area contributed by atoms with Crippen molar-refractivity contribution >= 4 is 11.5 Å². The first-order chi connectivity index (χ1) is 14.7. The summed E-state index contributed by atoms with van der Waals surface area (Å²) in [5, 5.41) is 17.3. The zero-order valence-corrected chi connectivity index (χ0v) is 16.9. The molecule has 2 N–H and O–H groups in total. The molecule has 0 unspecified atom stereocenters. The van der Waals surface area contributed by atoms with Gasteiger partial charge in [0.2, 0.25) is 0 Å². The van der Waals surface area contributed by atoms with Gasteiger partial charge in [-0.15, -0.1) is 0 Å². The van der Waals surface area contributed by atoms with Crippen molar-refractivity contribution in [2.75, 3.05) is 30.4 Å². The molecule has 0 radical (unpaired) electrons. The highest BCUT2D eigenvalue weighted by atomic mass is 16.3. The summed E-state index contributed by atoms with van der Waals surface area (Å²) in [6, 6.07) is 24.3. The minimum atomic E-state index is 0.115. The summed E-state index contributed by atoms with van der Waals surface area (Å²) < 4.78 is 1.92. The molecule has 2 heterocycles. The summed E-state index contributed by atoms with van der Waals surface area (Å²) in [6.45, 7) is 1.30. The number of aromatic nitrogens is 3. The van der Waals surface area contributed by atoms with E-state index >= 15 is 0 Å². The molecule has 2 aromatic carbocycles. The fourth-order valence-electron chi connectivity index (χ4n) is 3.27. The number of benzene rings is 2. The number of anilines is 2. The van der Waals surface area contributed by atoms with Crippen molar-refractivity contribution in [1.29, 1.82) is 0 Å². The highest BCUT2D eigenvalue weighted by Gasteiger charge is 2.12. The third kappa shape index (κ3) is 4.50. The van der Waals surface area contributed by atoms with Gasteiger partial charge in [-0.1, -0.05) is 48.5 Å². The molecule has 0 atom stereocenters. The fraction of sp³-hybridized carbons (Fsp3) is 0.167. The van der Waals surface area contributed by atoms with E-state index in [4.69, 9.17) is 10.2 Å². The molecule has 0 bridgehead atoms. The second kappa shape index (κ2) is 9.24. The smallest absolute Gasteiger partial charge is 0.126 e. The standard InChI is InChI=1S/C24H25N5O/c1-28(14-15-30)22-12-13-23(26-17-22)25-16-20-18-29(21-10-6-3-7-11-21)27-24(20)19-8-4-2-5-9-19/h2-13,17-18,30H,14-16H2,1H3,(H,25,26). The minimum absolute atomic E-state index is 0.115. The van der Waals surface area contributed by atoms with E-state index < -0.39 is 0 Å². The Bertz CT molecular complexity index is 1060. The Labute approximate surface area is 176 Å². The molecule has 6 heteroatoms. The Morgan fingerprint density at radius 2 is 1.70 bits per heavy atom. The van der Waals surface area contributed by atoms with Crippen LogP contribution in [0.4, 0.5) is 11.5 Å². The summed E-state index contributed by atoms with van der Waals surface area (Å²) in [6.07, 6.45) is 3.87. The Balaban J connectivity index is 1.56. The van der Waals surface area contributed by atoms with Crippen molar-refractivity contribution < 1.29 is 5.11 Å². The molecule has 2 aromatic heterocycles. The van der Waals surface area contributed by atoms with Crippen LogP contribution in [0.2, 0.25) is 0 Å². The van der Waals surface area contributed by atoms with Crippen molar-refractivity contribution in [2.45, 2.75) is 6.54 Å². The van der Waals surface area contributed by atoms with Gasteiger partial charge in [0, 0.05) is 37.5 Å².